The zero-order valence-electron chi connectivity index (χ0n) is 18.3. The third kappa shape index (κ3) is 6.19. The molecule has 1 aliphatic carbocycles. The fourth-order valence-electron chi connectivity index (χ4n) is 4.34. The highest BCUT2D eigenvalue weighted by atomic mass is 16.2. The van der Waals surface area contributed by atoms with Gasteiger partial charge in [0.25, 0.3) is 0 Å². The first-order chi connectivity index (χ1) is 14.6. The van der Waals surface area contributed by atoms with Gasteiger partial charge in [0.05, 0.1) is 6.42 Å². The van der Waals surface area contributed by atoms with Crippen molar-refractivity contribution >= 4 is 11.8 Å². The summed E-state index contributed by atoms with van der Waals surface area (Å²) >= 11 is 0. The number of hydrogen-bond donors (Lipinski definition) is 1. The zero-order chi connectivity index (χ0) is 21.3. The molecule has 1 N–H and O–H groups in total. The minimum absolute atomic E-state index is 0.00616. The lowest BCUT2D eigenvalue weighted by Gasteiger charge is -2.33. The predicted octanol–water partition coefficient (Wildman–Crippen LogP) is 4.79. The van der Waals surface area contributed by atoms with E-state index in [1.54, 1.807) is 4.90 Å². The van der Waals surface area contributed by atoms with Crippen molar-refractivity contribution in [2.24, 2.45) is 0 Å². The maximum Gasteiger partial charge on any atom is 0.243 e. The Labute approximate surface area is 180 Å². The Balaban J connectivity index is 1.79. The van der Waals surface area contributed by atoms with Gasteiger partial charge >= 0.3 is 0 Å². The molecular formula is C26H34N2O2. The predicted molar refractivity (Wildman–Crippen MR) is 121 cm³/mol. The van der Waals surface area contributed by atoms with Crippen LogP contribution in [0.3, 0.4) is 0 Å². The van der Waals surface area contributed by atoms with Crippen molar-refractivity contribution in [2.45, 2.75) is 77.4 Å². The third-order valence-corrected chi connectivity index (χ3v) is 5.97. The summed E-state index contributed by atoms with van der Waals surface area (Å²) in [5.41, 5.74) is 3.18. The SMILES string of the molecule is CCC(C(=O)NC1CCCCC1)N(Cc1cccc(C)c1)C(=O)Cc1ccccc1. The second kappa shape index (κ2) is 11.0. The monoisotopic (exact) mass is 406 g/mol. The van der Waals surface area contributed by atoms with Gasteiger partial charge in [-0.3, -0.25) is 9.59 Å². The topological polar surface area (TPSA) is 49.4 Å². The zero-order valence-corrected chi connectivity index (χ0v) is 18.3. The van der Waals surface area contributed by atoms with Gasteiger partial charge in [-0.25, -0.2) is 0 Å². The largest absolute Gasteiger partial charge is 0.352 e. The average molecular weight is 407 g/mol. The van der Waals surface area contributed by atoms with Crippen LogP contribution in [0.2, 0.25) is 0 Å². The molecule has 0 spiro atoms. The summed E-state index contributed by atoms with van der Waals surface area (Å²) in [6.07, 6.45) is 6.57. The van der Waals surface area contributed by atoms with E-state index >= 15 is 0 Å². The van der Waals surface area contributed by atoms with Gasteiger partial charge in [0, 0.05) is 12.6 Å². The molecule has 2 aromatic carbocycles. The van der Waals surface area contributed by atoms with Crippen LogP contribution in [0.1, 0.15) is 62.1 Å². The summed E-state index contributed by atoms with van der Waals surface area (Å²) in [6, 6.07) is 17.7. The first-order valence-corrected chi connectivity index (χ1v) is 11.3. The Morgan fingerprint density at radius 3 is 2.37 bits per heavy atom. The lowest BCUT2D eigenvalue weighted by molar-refractivity contribution is -0.141. The van der Waals surface area contributed by atoms with Crippen molar-refractivity contribution < 1.29 is 9.59 Å². The highest BCUT2D eigenvalue weighted by molar-refractivity contribution is 5.88. The second-order valence-corrected chi connectivity index (χ2v) is 8.44. The van der Waals surface area contributed by atoms with Gasteiger partial charge in [0.2, 0.25) is 11.8 Å². The Morgan fingerprint density at radius 1 is 1.00 bits per heavy atom. The van der Waals surface area contributed by atoms with Crippen LogP contribution < -0.4 is 5.32 Å². The molecule has 0 aliphatic heterocycles. The van der Waals surface area contributed by atoms with Crippen molar-refractivity contribution in [3.05, 3.63) is 71.3 Å². The molecule has 1 fully saturated rings. The smallest absolute Gasteiger partial charge is 0.243 e. The molecule has 2 aromatic rings. The van der Waals surface area contributed by atoms with E-state index < -0.39 is 6.04 Å². The van der Waals surface area contributed by atoms with Gasteiger partial charge in [-0.05, 0) is 37.3 Å². The fraction of sp³-hybridized carbons (Fsp3) is 0.462. The maximum absolute atomic E-state index is 13.3. The van der Waals surface area contributed by atoms with E-state index in [-0.39, 0.29) is 17.9 Å². The molecule has 4 heteroatoms. The van der Waals surface area contributed by atoms with Crippen LogP contribution in [0.15, 0.2) is 54.6 Å². The average Bonchev–Trinajstić information content (AvgIpc) is 2.75. The number of benzene rings is 2. The summed E-state index contributed by atoms with van der Waals surface area (Å²) in [4.78, 5) is 28.3. The highest BCUT2D eigenvalue weighted by Crippen LogP contribution is 2.19. The molecule has 0 saturated heterocycles. The normalized spacial score (nSPS) is 15.4. The van der Waals surface area contributed by atoms with E-state index in [9.17, 15) is 9.59 Å². The van der Waals surface area contributed by atoms with Crippen LogP contribution in [-0.4, -0.2) is 28.8 Å². The summed E-state index contributed by atoms with van der Waals surface area (Å²) in [5.74, 6) is -0.0215. The standard InChI is InChI=1S/C26H34N2O2/c1-3-24(26(30)27-23-15-8-5-9-16-23)28(19-22-14-10-11-20(2)17-22)25(29)18-21-12-6-4-7-13-21/h4,6-7,10-14,17,23-24H,3,5,8-9,15-16,18-19H2,1-2H3,(H,27,30). The van der Waals surface area contributed by atoms with E-state index in [1.807, 2.05) is 62.4 Å². The van der Waals surface area contributed by atoms with Crippen LogP contribution in [0.25, 0.3) is 0 Å². The number of nitrogens with zero attached hydrogens (tertiary/aromatic N) is 1. The number of hydrogen-bond acceptors (Lipinski definition) is 2. The molecule has 0 radical (unpaired) electrons. The van der Waals surface area contributed by atoms with Gasteiger partial charge in [-0.15, -0.1) is 0 Å². The first kappa shape index (κ1) is 22.1. The number of nitrogens with one attached hydrogen (secondary N) is 1. The minimum atomic E-state index is -0.455. The Kier molecular flexibility index (Phi) is 8.06. The quantitative estimate of drug-likeness (QED) is 0.685. The summed E-state index contributed by atoms with van der Waals surface area (Å²) in [7, 11) is 0. The summed E-state index contributed by atoms with van der Waals surface area (Å²) in [6.45, 7) is 4.49. The summed E-state index contributed by atoms with van der Waals surface area (Å²) in [5, 5.41) is 3.23. The molecule has 3 rings (SSSR count). The van der Waals surface area contributed by atoms with E-state index in [0.29, 0.717) is 19.4 Å². The molecule has 1 aliphatic rings. The lowest BCUT2D eigenvalue weighted by atomic mass is 9.95. The van der Waals surface area contributed by atoms with Crippen LogP contribution >= 0.6 is 0 Å². The lowest BCUT2D eigenvalue weighted by Crippen LogP contribution is -2.51. The highest BCUT2D eigenvalue weighted by Gasteiger charge is 2.30. The van der Waals surface area contributed by atoms with E-state index in [0.717, 1.165) is 29.5 Å². The maximum atomic E-state index is 13.3. The summed E-state index contributed by atoms with van der Waals surface area (Å²) < 4.78 is 0. The Hall–Kier alpha value is -2.62. The van der Waals surface area contributed by atoms with E-state index in [2.05, 4.69) is 11.4 Å². The van der Waals surface area contributed by atoms with Crippen LogP contribution in [0.5, 0.6) is 0 Å². The van der Waals surface area contributed by atoms with Crippen molar-refractivity contribution in [2.75, 3.05) is 0 Å². The number of amides is 2. The van der Waals surface area contributed by atoms with Gasteiger partial charge in [0.15, 0.2) is 0 Å². The van der Waals surface area contributed by atoms with Gasteiger partial charge < -0.3 is 10.2 Å². The van der Waals surface area contributed by atoms with Crippen LogP contribution in [0.4, 0.5) is 0 Å². The Bertz CT molecular complexity index is 828. The van der Waals surface area contributed by atoms with Gasteiger partial charge in [-0.1, -0.05) is 86.3 Å². The van der Waals surface area contributed by atoms with Crippen LogP contribution in [0, 0.1) is 6.92 Å². The molecule has 0 bridgehead atoms. The molecular weight excluding hydrogens is 372 g/mol. The third-order valence-electron chi connectivity index (χ3n) is 5.97. The Morgan fingerprint density at radius 2 is 1.70 bits per heavy atom. The number of carbonyl (C=O) groups is 2. The number of rotatable bonds is 8. The molecule has 1 saturated carbocycles. The van der Waals surface area contributed by atoms with Crippen molar-refractivity contribution in [3.63, 3.8) is 0 Å². The molecule has 160 valence electrons. The van der Waals surface area contributed by atoms with E-state index in [1.165, 1.54) is 19.3 Å². The molecule has 2 amide bonds. The first-order valence-electron chi connectivity index (χ1n) is 11.3. The number of aryl methyl sites for hydroxylation is 1. The van der Waals surface area contributed by atoms with E-state index in [4.69, 9.17) is 0 Å². The van der Waals surface area contributed by atoms with Crippen LogP contribution in [-0.2, 0) is 22.6 Å². The minimum Gasteiger partial charge on any atom is -0.352 e. The molecule has 4 nitrogen and oxygen atoms in total. The second-order valence-electron chi connectivity index (χ2n) is 8.44. The van der Waals surface area contributed by atoms with Crippen molar-refractivity contribution in [1.82, 2.24) is 10.2 Å². The molecule has 1 unspecified atom stereocenters. The van der Waals surface area contributed by atoms with Crippen molar-refractivity contribution in [3.8, 4) is 0 Å². The molecule has 0 heterocycles. The van der Waals surface area contributed by atoms with Gasteiger partial charge in [-0.2, -0.15) is 0 Å². The van der Waals surface area contributed by atoms with Crippen molar-refractivity contribution in [1.29, 1.82) is 0 Å². The fourth-order valence-corrected chi connectivity index (χ4v) is 4.34. The number of carbonyl (C=O) groups excluding carboxylic acids is 2. The molecule has 1 atom stereocenters. The molecule has 30 heavy (non-hydrogen) atoms. The molecule has 0 aromatic heterocycles. The van der Waals surface area contributed by atoms with Gasteiger partial charge in [0.1, 0.15) is 6.04 Å².